The van der Waals surface area contributed by atoms with E-state index in [1.807, 2.05) is 4.90 Å². The first-order valence-corrected chi connectivity index (χ1v) is 5.75. The third-order valence-electron chi connectivity index (χ3n) is 3.69. The molecule has 2 heterocycles. The number of carbonyl (C=O) groups excluding carboxylic acids is 1. The molecule has 2 fully saturated rings. The summed E-state index contributed by atoms with van der Waals surface area (Å²) in [7, 11) is 0. The Bertz CT molecular complexity index is 252. The molecule has 2 aliphatic heterocycles. The Hall–Kier alpha value is -0.320. The molecule has 0 aromatic rings. The number of likely N-dealkylation sites (tertiary alicyclic amines) is 1. The lowest BCUT2D eigenvalue weighted by Gasteiger charge is -2.33. The van der Waals surface area contributed by atoms with Gasteiger partial charge in [0.2, 0.25) is 5.91 Å². The fourth-order valence-corrected chi connectivity index (χ4v) is 2.62. The van der Waals surface area contributed by atoms with Gasteiger partial charge >= 0.3 is 0 Å². The van der Waals surface area contributed by atoms with Gasteiger partial charge in [0.15, 0.2) is 0 Å². The molecule has 4 nitrogen and oxygen atoms in total. The molecule has 5 heteroatoms. The van der Waals surface area contributed by atoms with Crippen LogP contribution < -0.4 is 5.73 Å². The Morgan fingerprint density at radius 3 is 2.56 bits per heavy atom. The topological polar surface area (TPSA) is 55.6 Å². The Labute approximate surface area is 103 Å². The molecule has 0 aliphatic carbocycles. The van der Waals surface area contributed by atoms with Crippen LogP contribution in [0.4, 0.5) is 0 Å². The van der Waals surface area contributed by atoms with E-state index in [0.29, 0.717) is 5.41 Å². The van der Waals surface area contributed by atoms with Gasteiger partial charge in [0.1, 0.15) is 0 Å². The maximum atomic E-state index is 11.7. The minimum atomic E-state index is -0.361. The zero-order valence-corrected chi connectivity index (χ0v) is 10.6. The number of carbonyl (C=O) groups is 1. The largest absolute Gasteiger partial charge is 0.381 e. The molecular weight excluding hydrogens is 228 g/mol. The number of hydrogen-bond acceptors (Lipinski definition) is 3. The van der Waals surface area contributed by atoms with Crippen molar-refractivity contribution in [3.05, 3.63) is 0 Å². The highest BCUT2D eigenvalue weighted by Crippen LogP contribution is 2.39. The van der Waals surface area contributed by atoms with Crippen molar-refractivity contribution < 1.29 is 9.53 Å². The predicted molar refractivity (Wildman–Crippen MR) is 64.6 cm³/mol. The monoisotopic (exact) mass is 248 g/mol. The Balaban J connectivity index is 0.00000128. The summed E-state index contributed by atoms with van der Waals surface area (Å²) in [6, 6.07) is -0.361. The third kappa shape index (κ3) is 2.67. The number of hydrogen-bond donors (Lipinski definition) is 1. The lowest BCUT2D eigenvalue weighted by Crippen LogP contribution is -2.42. The summed E-state index contributed by atoms with van der Waals surface area (Å²) in [5.74, 6) is 0.0957. The normalized spacial score (nSPS) is 25.2. The number of nitrogens with zero attached hydrogens (tertiary/aromatic N) is 1. The first-order valence-electron chi connectivity index (χ1n) is 5.75. The maximum Gasteiger partial charge on any atom is 0.239 e. The predicted octanol–water partition coefficient (Wildman–Crippen LogP) is 0.784. The number of rotatable bonds is 1. The minimum absolute atomic E-state index is 0. The van der Waals surface area contributed by atoms with Crippen LogP contribution in [-0.2, 0) is 9.53 Å². The fourth-order valence-electron chi connectivity index (χ4n) is 2.62. The van der Waals surface area contributed by atoms with Gasteiger partial charge in [0, 0.05) is 26.3 Å². The van der Waals surface area contributed by atoms with Gasteiger partial charge in [-0.25, -0.2) is 0 Å². The van der Waals surface area contributed by atoms with Crippen molar-refractivity contribution in [3.8, 4) is 0 Å². The summed E-state index contributed by atoms with van der Waals surface area (Å²) in [5.41, 5.74) is 5.95. The van der Waals surface area contributed by atoms with E-state index in [1.165, 1.54) is 0 Å². The molecule has 0 bridgehead atoms. The van der Waals surface area contributed by atoms with Crippen LogP contribution >= 0.6 is 12.4 Å². The minimum Gasteiger partial charge on any atom is -0.381 e. The molecule has 16 heavy (non-hydrogen) atoms. The second-order valence-electron chi connectivity index (χ2n) is 4.91. The highest BCUT2D eigenvalue weighted by Gasteiger charge is 2.41. The van der Waals surface area contributed by atoms with Crippen molar-refractivity contribution in [3.63, 3.8) is 0 Å². The molecule has 0 unspecified atom stereocenters. The van der Waals surface area contributed by atoms with Crippen LogP contribution in [0.1, 0.15) is 26.2 Å². The van der Waals surface area contributed by atoms with Gasteiger partial charge in [-0.15, -0.1) is 12.4 Å². The van der Waals surface area contributed by atoms with E-state index in [2.05, 4.69) is 0 Å². The highest BCUT2D eigenvalue weighted by atomic mass is 35.5. The number of amides is 1. The first-order chi connectivity index (χ1) is 7.13. The Morgan fingerprint density at radius 2 is 2.00 bits per heavy atom. The van der Waals surface area contributed by atoms with Crippen LogP contribution in [0.2, 0.25) is 0 Å². The summed E-state index contributed by atoms with van der Waals surface area (Å²) in [5, 5.41) is 0. The number of nitrogens with two attached hydrogens (primary N) is 1. The molecule has 2 rings (SSSR count). The van der Waals surface area contributed by atoms with E-state index in [9.17, 15) is 4.79 Å². The molecule has 0 saturated carbocycles. The first kappa shape index (κ1) is 13.7. The van der Waals surface area contributed by atoms with Gasteiger partial charge in [-0.2, -0.15) is 0 Å². The fraction of sp³-hybridized carbons (Fsp3) is 0.909. The van der Waals surface area contributed by atoms with Crippen LogP contribution in [0, 0.1) is 5.41 Å². The molecular formula is C11H21ClN2O2. The van der Waals surface area contributed by atoms with Crippen LogP contribution in [0.3, 0.4) is 0 Å². The van der Waals surface area contributed by atoms with E-state index in [4.69, 9.17) is 10.5 Å². The summed E-state index contributed by atoms with van der Waals surface area (Å²) >= 11 is 0. The van der Waals surface area contributed by atoms with E-state index in [0.717, 1.165) is 45.6 Å². The SMILES string of the molecule is C[C@@H](N)C(=O)N1CCC2(CCOCC2)C1.Cl. The lowest BCUT2D eigenvalue weighted by atomic mass is 9.80. The summed E-state index contributed by atoms with van der Waals surface area (Å²) in [6.07, 6.45) is 3.31. The standard InChI is InChI=1S/C11H20N2O2.ClH/c1-9(12)10(14)13-5-2-11(8-13)3-6-15-7-4-11;/h9H,2-8,12H2,1H3;1H/t9-;/m1./s1. The van der Waals surface area contributed by atoms with Crippen LogP contribution in [-0.4, -0.2) is 43.2 Å². The van der Waals surface area contributed by atoms with E-state index in [-0.39, 0.29) is 24.4 Å². The van der Waals surface area contributed by atoms with E-state index >= 15 is 0 Å². The molecule has 94 valence electrons. The zero-order valence-electron chi connectivity index (χ0n) is 9.78. The zero-order chi connectivity index (χ0) is 10.9. The van der Waals surface area contributed by atoms with Gasteiger partial charge < -0.3 is 15.4 Å². The Kier molecular flexibility index (Phi) is 4.59. The van der Waals surface area contributed by atoms with Crippen molar-refractivity contribution in [2.45, 2.75) is 32.2 Å². The van der Waals surface area contributed by atoms with Gasteiger partial charge in [0.25, 0.3) is 0 Å². The average Bonchev–Trinajstić information content (AvgIpc) is 2.62. The molecule has 1 atom stereocenters. The summed E-state index contributed by atoms with van der Waals surface area (Å²) < 4.78 is 5.37. The summed E-state index contributed by atoms with van der Waals surface area (Å²) in [4.78, 5) is 13.7. The second-order valence-corrected chi connectivity index (χ2v) is 4.91. The molecule has 2 N–H and O–H groups in total. The van der Waals surface area contributed by atoms with E-state index in [1.54, 1.807) is 6.92 Å². The van der Waals surface area contributed by atoms with Crippen molar-refractivity contribution in [1.82, 2.24) is 4.90 Å². The lowest BCUT2D eigenvalue weighted by molar-refractivity contribution is -0.131. The van der Waals surface area contributed by atoms with Gasteiger partial charge in [0.05, 0.1) is 6.04 Å². The van der Waals surface area contributed by atoms with Crippen molar-refractivity contribution >= 4 is 18.3 Å². The second kappa shape index (κ2) is 5.34. The van der Waals surface area contributed by atoms with Crippen molar-refractivity contribution in [1.29, 1.82) is 0 Å². The number of halogens is 1. The van der Waals surface area contributed by atoms with Gasteiger partial charge in [-0.3, -0.25) is 4.79 Å². The smallest absolute Gasteiger partial charge is 0.239 e. The van der Waals surface area contributed by atoms with Crippen molar-refractivity contribution in [2.75, 3.05) is 26.3 Å². The molecule has 0 radical (unpaired) electrons. The Morgan fingerprint density at radius 1 is 1.38 bits per heavy atom. The van der Waals surface area contributed by atoms with Crippen LogP contribution in [0.25, 0.3) is 0 Å². The van der Waals surface area contributed by atoms with E-state index < -0.39 is 0 Å². The molecule has 0 aromatic carbocycles. The molecule has 2 saturated heterocycles. The van der Waals surface area contributed by atoms with Crippen LogP contribution in [0.15, 0.2) is 0 Å². The average molecular weight is 249 g/mol. The molecule has 2 aliphatic rings. The summed E-state index contributed by atoms with van der Waals surface area (Å²) in [6.45, 7) is 5.22. The molecule has 0 aromatic heterocycles. The molecule has 1 amide bonds. The quantitative estimate of drug-likeness (QED) is 0.746. The third-order valence-corrected chi connectivity index (χ3v) is 3.69. The van der Waals surface area contributed by atoms with Crippen LogP contribution in [0.5, 0.6) is 0 Å². The van der Waals surface area contributed by atoms with Crippen molar-refractivity contribution in [2.24, 2.45) is 11.1 Å². The van der Waals surface area contributed by atoms with Gasteiger partial charge in [-0.05, 0) is 31.6 Å². The number of ether oxygens (including phenoxy) is 1. The maximum absolute atomic E-state index is 11.7. The van der Waals surface area contributed by atoms with Gasteiger partial charge in [-0.1, -0.05) is 0 Å². The molecule has 1 spiro atoms. The highest BCUT2D eigenvalue weighted by molar-refractivity contribution is 5.85.